The average Bonchev–Trinajstić information content (AvgIpc) is 3.55. The maximum atomic E-state index is 13.1. The molecule has 5 rings (SSSR count). The van der Waals surface area contributed by atoms with Crippen molar-refractivity contribution in [2.45, 2.75) is 31.2 Å². The molecule has 2 heterocycles. The van der Waals surface area contributed by atoms with Crippen molar-refractivity contribution in [3.8, 4) is 11.1 Å². The topological polar surface area (TPSA) is 159 Å². The van der Waals surface area contributed by atoms with E-state index in [0.29, 0.717) is 18.8 Å². The summed E-state index contributed by atoms with van der Waals surface area (Å²) in [6.45, 7) is -0.000624. The summed E-state index contributed by atoms with van der Waals surface area (Å²) in [5, 5.41) is 17.9. The Balaban J connectivity index is 1.11. The van der Waals surface area contributed by atoms with Crippen LogP contribution in [0.2, 0.25) is 0 Å². The number of hydrogen-bond acceptors (Lipinski definition) is 8. The van der Waals surface area contributed by atoms with E-state index in [4.69, 9.17) is 9.47 Å². The zero-order valence-electron chi connectivity index (χ0n) is 26.2. The van der Waals surface area contributed by atoms with E-state index in [-0.39, 0.29) is 37.9 Å². The number of carboxylic acid groups (broad SMARTS) is 1. The third kappa shape index (κ3) is 9.63. The van der Waals surface area contributed by atoms with Crippen LogP contribution in [0.3, 0.4) is 0 Å². The number of carbonyl (C=O) groups excluding carboxylic acids is 3. The molecule has 3 amide bonds. The number of carbonyl (C=O) groups is 4. The number of carboxylic acids is 1. The highest BCUT2D eigenvalue weighted by Gasteiger charge is 2.37. The first kappa shape index (κ1) is 33.6. The molecule has 4 aromatic rings. The fourth-order valence-electron chi connectivity index (χ4n) is 5.25. The fourth-order valence-corrected chi connectivity index (χ4v) is 5.25. The van der Waals surface area contributed by atoms with Crippen molar-refractivity contribution >= 4 is 29.7 Å². The lowest BCUT2D eigenvalue weighted by atomic mass is 10.0. The molecule has 248 valence electrons. The van der Waals surface area contributed by atoms with Crippen molar-refractivity contribution in [3.63, 3.8) is 0 Å². The van der Waals surface area contributed by atoms with Crippen molar-refractivity contribution in [1.82, 2.24) is 20.5 Å². The van der Waals surface area contributed by atoms with Crippen LogP contribution in [0.1, 0.15) is 22.3 Å². The molecule has 1 aliphatic heterocycles. The van der Waals surface area contributed by atoms with E-state index in [1.165, 1.54) is 0 Å². The molecule has 4 N–H and O–H groups in total. The van der Waals surface area contributed by atoms with Gasteiger partial charge in [0.1, 0.15) is 25.1 Å². The fraction of sp³-hybridized carbons (Fsp3) is 0.250. The maximum absolute atomic E-state index is 13.1. The van der Waals surface area contributed by atoms with Crippen molar-refractivity contribution in [2.24, 2.45) is 0 Å². The first-order chi connectivity index (χ1) is 23.4. The second-order valence-corrected chi connectivity index (χ2v) is 11.2. The van der Waals surface area contributed by atoms with Crippen LogP contribution >= 0.6 is 0 Å². The van der Waals surface area contributed by atoms with Crippen LogP contribution in [0.4, 0.5) is 10.6 Å². The summed E-state index contributed by atoms with van der Waals surface area (Å²) < 4.78 is 11.4. The maximum Gasteiger partial charge on any atom is 0.410 e. The zero-order chi connectivity index (χ0) is 33.7. The molecule has 0 radical (unpaired) electrons. The number of aliphatic carboxylic acids is 1. The minimum absolute atomic E-state index is 0.116. The largest absolute Gasteiger partial charge is 0.480 e. The molecular weight excluding hydrogens is 614 g/mol. The van der Waals surface area contributed by atoms with Crippen LogP contribution in [-0.2, 0) is 25.7 Å². The van der Waals surface area contributed by atoms with Gasteiger partial charge in [0.05, 0.1) is 18.7 Å². The number of likely N-dealkylation sites (tertiary alicyclic amines) is 1. The zero-order valence-corrected chi connectivity index (χ0v) is 26.2. The average molecular weight is 652 g/mol. The Morgan fingerprint density at radius 1 is 0.875 bits per heavy atom. The molecule has 1 aliphatic rings. The molecule has 0 unspecified atom stereocenters. The van der Waals surface area contributed by atoms with Gasteiger partial charge in [-0.25, -0.2) is 14.6 Å². The number of aromatic nitrogens is 1. The highest BCUT2D eigenvalue weighted by Crippen LogP contribution is 2.23. The van der Waals surface area contributed by atoms with Crippen LogP contribution in [-0.4, -0.2) is 83.3 Å². The number of amides is 3. The van der Waals surface area contributed by atoms with E-state index in [2.05, 4.69) is 20.9 Å². The molecule has 48 heavy (non-hydrogen) atoms. The quantitative estimate of drug-likeness (QED) is 0.158. The van der Waals surface area contributed by atoms with Gasteiger partial charge in [0.25, 0.3) is 5.91 Å². The summed E-state index contributed by atoms with van der Waals surface area (Å²) in [4.78, 5) is 56.2. The number of nitrogens with zero attached hydrogens (tertiary/aromatic N) is 2. The number of benzene rings is 3. The van der Waals surface area contributed by atoms with Gasteiger partial charge < -0.3 is 35.4 Å². The molecule has 3 aromatic carbocycles. The standard InChI is InChI=1S/C36H37N5O7/c42-33(39-21-31(35(44)45)40-34(43)28-16-14-27(15-17-28)26-11-5-2-6-12-26)24-47-30-19-29(20-38-32-13-7-8-18-37-32)41(22-30)36(46)48-23-25-9-3-1-4-10-25/h1-18,29-31H,19-24H2,(H,37,38)(H,39,42)(H,40,43)(H,44,45)/t29-,30+,31-/m0/s1. The molecular formula is C36H37N5O7. The lowest BCUT2D eigenvalue weighted by molar-refractivity contribution is -0.139. The van der Waals surface area contributed by atoms with Gasteiger partial charge in [0.15, 0.2) is 0 Å². The van der Waals surface area contributed by atoms with Gasteiger partial charge in [0.2, 0.25) is 5.91 Å². The minimum atomic E-state index is -1.36. The molecule has 0 aliphatic carbocycles. The third-order valence-corrected chi connectivity index (χ3v) is 7.81. The van der Waals surface area contributed by atoms with Crippen LogP contribution in [0, 0.1) is 0 Å². The van der Waals surface area contributed by atoms with Gasteiger partial charge in [0, 0.05) is 24.8 Å². The Hall–Kier alpha value is -5.75. The van der Waals surface area contributed by atoms with Crippen LogP contribution in [0.5, 0.6) is 0 Å². The highest BCUT2D eigenvalue weighted by molar-refractivity contribution is 5.97. The molecule has 0 saturated carbocycles. The lowest BCUT2D eigenvalue weighted by Gasteiger charge is -2.24. The van der Waals surface area contributed by atoms with E-state index < -0.39 is 36.0 Å². The number of hydrogen-bond donors (Lipinski definition) is 4. The Labute approximate surface area is 278 Å². The molecule has 1 fully saturated rings. The number of ether oxygens (including phenoxy) is 2. The van der Waals surface area contributed by atoms with E-state index >= 15 is 0 Å². The summed E-state index contributed by atoms with van der Waals surface area (Å²) in [7, 11) is 0. The molecule has 1 saturated heterocycles. The Bertz CT molecular complexity index is 1660. The normalized spacial score (nSPS) is 16.0. The predicted molar refractivity (Wildman–Crippen MR) is 178 cm³/mol. The molecule has 0 bridgehead atoms. The second kappa shape index (κ2) is 16.7. The molecule has 12 heteroatoms. The van der Waals surface area contributed by atoms with Crippen molar-refractivity contribution < 1.29 is 33.8 Å². The smallest absolute Gasteiger partial charge is 0.410 e. The minimum Gasteiger partial charge on any atom is -0.480 e. The second-order valence-electron chi connectivity index (χ2n) is 11.2. The lowest BCUT2D eigenvalue weighted by Crippen LogP contribution is -2.49. The van der Waals surface area contributed by atoms with Crippen LogP contribution in [0.15, 0.2) is 109 Å². The van der Waals surface area contributed by atoms with Gasteiger partial charge in [-0.2, -0.15) is 0 Å². The first-order valence-corrected chi connectivity index (χ1v) is 15.6. The molecule has 0 spiro atoms. The number of pyridine rings is 1. The predicted octanol–water partition coefficient (Wildman–Crippen LogP) is 3.96. The Morgan fingerprint density at radius 2 is 1.56 bits per heavy atom. The van der Waals surface area contributed by atoms with Crippen LogP contribution in [0.25, 0.3) is 11.1 Å². The van der Waals surface area contributed by atoms with Gasteiger partial charge in [-0.3, -0.25) is 9.59 Å². The summed E-state index contributed by atoms with van der Waals surface area (Å²) >= 11 is 0. The van der Waals surface area contributed by atoms with E-state index in [9.17, 15) is 24.3 Å². The Morgan fingerprint density at radius 3 is 2.25 bits per heavy atom. The highest BCUT2D eigenvalue weighted by atomic mass is 16.6. The van der Waals surface area contributed by atoms with Gasteiger partial charge in [-0.1, -0.05) is 78.9 Å². The monoisotopic (exact) mass is 651 g/mol. The van der Waals surface area contributed by atoms with Crippen molar-refractivity contribution in [2.75, 3.05) is 31.6 Å². The van der Waals surface area contributed by atoms with Gasteiger partial charge >= 0.3 is 12.1 Å². The molecule has 1 aromatic heterocycles. The summed E-state index contributed by atoms with van der Waals surface area (Å²) in [6, 6.07) is 29.6. The number of rotatable bonds is 14. The molecule has 12 nitrogen and oxygen atoms in total. The van der Waals surface area contributed by atoms with Crippen molar-refractivity contribution in [3.05, 3.63) is 120 Å². The number of nitrogens with one attached hydrogen (secondary N) is 3. The van der Waals surface area contributed by atoms with Crippen molar-refractivity contribution in [1.29, 1.82) is 0 Å². The van der Waals surface area contributed by atoms with Crippen LogP contribution < -0.4 is 16.0 Å². The SMILES string of the molecule is O=C(CO[C@@H]1C[C@@H](CNc2ccccn2)N(C(=O)OCc2ccccc2)C1)NC[C@H](NC(=O)c1ccc(-c2ccccc2)cc1)C(=O)O. The molecule has 3 atom stereocenters. The summed E-state index contributed by atoms with van der Waals surface area (Å²) in [5.74, 6) is -1.78. The third-order valence-electron chi connectivity index (χ3n) is 7.81. The van der Waals surface area contributed by atoms with Gasteiger partial charge in [-0.05, 0) is 47.4 Å². The van der Waals surface area contributed by atoms with E-state index in [1.807, 2.05) is 72.8 Å². The van der Waals surface area contributed by atoms with E-state index in [0.717, 1.165) is 16.7 Å². The first-order valence-electron chi connectivity index (χ1n) is 15.6. The summed E-state index contributed by atoms with van der Waals surface area (Å²) in [5.41, 5.74) is 3.05. The van der Waals surface area contributed by atoms with E-state index in [1.54, 1.807) is 41.4 Å². The Kier molecular flexibility index (Phi) is 11.7. The van der Waals surface area contributed by atoms with Gasteiger partial charge in [-0.15, -0.1) is 0 Å². The number of anilines is 1. The summed E-state index contributed by atoms with van der Waals surface area (Å²) in [6.07, 6.45) is 1.13.